The fraction of sp³-hybridized carbons (Fsp3) is 0. The molecule has 0 saturated carbocycles. The number of hydrogen-bond donors (Lipinski definition) is 0. The molecule has 0 atom stereocenters. The number of fused-ring (bicyclic) bond motifs is 6. The van der Waals surface area contributed by atoms with Gasteiger partial charge >= 0.3 is 0 Å². The highest BCUT2D eigenvalue weighted by Crippen LogP contribution is 2.54. The smallest absolute Gasteiger partial charge is 0.235 e. The summed E-state index contributed by atoms with van der Waals surface area (Å²) < 4.78 is 28.2. The predicted octanol–water partition coefficient (Wildman–Crippen LogP) is 10.1. The van der Waals surface area contributed by atoms with Crippen molar-refractivity contribution in [1.29, 1.82) is 15.8 Å². The highest BCUT2D eigenvalue weighted by molar-refractivity contribution is 6.11. The molecule has 0 radical (unpaired) electrons. The van der Waals surface area contributed by atoms with E-state index in [2.05, 4.69) is 14.5 Å². The zero-order valence-corrected chi connectivity index (χ0v) is 24.5. The van der Waals surface area contributed by atoms with Gasteiger partial charge in [-0.05, 0) is 115 Å². The van der Waals surface area contributed by atoms with Crippen LogP contribution >= 0.6 is 0 Å². The van der Waals surface area contributed by atoms with Crippen LogP contribution in [0.5, 0.6) is 0 Å². The fourth-order valence-corrected chi connectivity index (χ4v) is 6.43. The van der Waals surface area contributed by atoms with Crippen LogP contribution in [0.3, 0.4) is 0 Å². The van der Waals surface area contributed by atoms with Crippen LogP contribution in [0.15, 0.2) is 96.3 Å². The lowest BCUT2D eigenvalue weighted by Crippen LogP contribution is -1.90. The first-order chi connectivity index (χ1) is 23.3. The van der Waals surface area contributed by atoms with Crippen LogP contribution in [0.4, 0.5) is 14.5 Å². The molecule has 8 heteroatoms. The van der Waals surface area contributed by atoms with Gasteiger partial charge in [-0.1, -0.05) is 36.4 Å². The fourth-order valence-electron chi connectivity index (χ4n) is 6.43. The lowest BCUT2D eigenvalue weighted by molar-refractivity contribution is 0.624. The molecule has 0 aliphatic heterocycles. The van der Waals surface area contributed by atoms with Crippen molar-refractivity contribution in [2.75, 3.05) is 0 Å². The third kappa shape index (κ3) is 4.25. The number of rotatable bonds is 2. The van der Waals surface area contributed by atoms with Crippen LogP contribution in [-0.2, 0) is 0 Å². The van der Waals surface area contributed by atoms with Crippen LogP contribution < -0.4 is 0 Å². The highest BCUT2D eigenvalue weighted by Gasteiger charge is 2.33. The second kappa shape index (κ2) is 11.1. The summed E-state index contributed by atoms with van der Waals surface area (Å²) in [6, 6.07) is 29.0. The van der Waals surface area contributed by atoms with Crippen molar-refractivity contribution in [2.45, 2.75) is 0 Å². The summed E-state index contributed by atoms with van der Waals surface area (Å²) >= 11 is 0. The van der Waals surface area contributed by atoms with Gasteiger partial charge < -0.3 is 0 Å². The molecule has 2 aliphatic carbocycles. The first kappa shape index (κ1) is 29.1. The Morgan fingerprint density at radius 2 is 0.938 bits per heavy atom. The summed E-state index contributed by atoms with van der Waals surface area (Å²) in [5.41, 5.74) is 8.20. The lowest BCUT2D eigenvalue weighted by atomic mass is 9.95. The van der Waals surface area contributed by atoms with Crippen molar-refractivity contribution in [3.8, 4) is 62.7 Å². The van der Waals surface area contributed by atoms with E-state index in [0.29, 0.717) is 66.8 Å². The molecule has 7 rings (SSSR count). The van der Waals surface area contributed by atoms with E-state index in [1.54, 1.807) is 12.1 Å². The normalized spacial score (nSPS) is 13.6. The van der Waals surface area contributed by atoms with Crippen molar-refractivity contribution in [3.05, 3.63) is 170 Å². The topological polar surface area (TPSA) is 84.5 Å². The second-order valence-corrected chi connectivity index (χ2v) is 10.9. The number of nitrogens with zero attached hydrogens (tertiary/aromatic N) is 6. The molecule has 5 aromatic carbocycles. The Bertz CT molecular complexity index is 2440. The monoisotopic (exact) mass is 616 g/mol. The van der Waals surface area contributed by atoms with Crippen molar-refractivity contribution in [3.63, 3.8) is 0 Å². The van der Waals surface area contributed by atoms with Crippen LogP contribution in [0, 0.1) is 65.3 Å². The number of benzene rings is 5. The van der Waals surface area contributed by atoms with Gasteiger partial charge in [-0.25, -0.2) is 33.8 Å². The minimum Gasteiger partial charge on any atom is -0.235 e. The van der Waals surface area contributed by atoms with Gasteiger partial charge in [-0.15, -0.1) is 0 Å². The van der Waals surface area contributed by atoms with Gasteiger partial charge in [-0.3, -0.25) is 0 Å². The average Bonchev–Trinajstić information content (AvgIpc) is 3.60. The summed E-state index contributed by atoms with van der Waals surface area (Å²) in [7, 11) is 0. The minimum atomic E-state index is -0.636. The van der Waals surface area contributed by atoms with Gasteiger partial charge in [0.15, 0.2) is 0 Å². The summed E-state index contributed by atoms with van der Waals surface area (Å²) in [6.45, 7) is 22.9. The van der Waals surface area contributed by atoms with Gasteiger partial charge in [0.05, 0.1) is 37.4 Å². The molecule has 6 nitrogen and oxygen atoms in total. The van der Waals surface area contributed by atoms with E-state index in [1.807, 2.05) is 66.7 Å². The zero-order valence-electron chi connectivity index (χ0n) is 24.5. The van der Waals surface area contributed by atoms with Crippen LogP contribution in [0.2, 0.25) is 0 Å². The van der Waals surface area contributed by atoms with Crippen molar-refractivity contribution in [1.82, 2.24) is 0 Å². The molecule has 5 aromatic rings. The number of nitriles is 3. The zero-order chi connectivity index (χ0) is 33.7. The van der Waals surface area contributed by atoms with Gasteiger partial charge in [-0.2, -0.15) is 5.26 Å². The Labute approximate surface area is 273 Å². The van der Waals surface area contributed by atoms with Crippen molar-refractivity contribution < 1.29 is 8.78 Å². The summed E-state index contributed by atoms with van der Waals surface area (Å²) in [5.74, 6) is -1.27. The number of hydrogen-bond acceptors (Lipinski definition) is 3. The van der Waals surface area contributed by atoms with Crippen molar-refractivity contribution >= 4 is 16.8 Å². The molecule has 218 valence electrons. The molecule has 0 fully saturated rings. The largest absolute Gasteiger partial charge is 0.270 e. The van der Waals surface area contributed by atoms with Gasteiger partial charge in [0, 0.05) is 11.1 Å². The average molecular weight is 617 g/mol. The highest BCUT2D eigenvalue weighted by atomic mass is 19.1. The number of halogens is 2. The van der Waals surface area contributed by atoms with E-state index in [4.69, 9.17) is 19.7 Å². The maximum absolute atomic E-state index is 14.1. The maximum atomic E-state index is 14.1. The molecule has 2 aliphatic rings. The van der Waals surface area contributed by atoms with E-state index in [9.17, 15) is 24.6 Å². The Balaban J connectivity index is 1.47. The predicted molar refractivity (Wildman–Crippen MR) is 176 cm³/mol. The summed E-state index contributed by atoms with van der Waals surface area (Å²) in [4.78, 5) is 10.3. The van der Waals surface area contributed by atoms with E-state index in [0.717, 1.165) is 11.1 Å². The van der Waals surface area contributed by atoms with Gasteiger partial charge in [0.2, 0.25) is 5.69 Å². The Morgan fingerprint density at radius 1 is 0.500 bits per heavy atom. The molecule has 0 heterocycles. The molecule has 0 N–H and O–H groups in total. The molecule has 0 spiro atoms. The maximum Gasteiger partial charge on any atom is 0.270 e. The molecule has 48 heavy (non-hydrogen) atoms. The van der Waals surface area contributed by atoms with Crippen LogP contribution in [0.1, 0.15) is 27.8 Å². The third-order valence-corrected chi connectivity index (χ3v) is 8.58. The first-order valence-electron chi connectivity index (χ1n) is 14.2. The van der Waals surface area contributed by atoms with Gasteiger partial charge in [0.25, 0.3) is 11.4 Å². The third-order valence-electron chi connectivity index (χ3n) is 8.58. The summed E-state index contributed by atoms with van der Waals surface area (Å²) in [5, 5.41) is 29.4. The SMILES string of the molecule is [C-]#[N+]/C(C#N)=C1/c2cc(-c3ccc(F)c(C#N)c3)ccc2-c2cc3c(cc21)-c1ccc(-c2ccc(F)c([N+]#[C-])c2)cc1/C3=C(/C#N)[N+]#[C-]. The second-order valence-electron chi connectivity index (χ2n) is 10.9. The van der Waals surface area contributed by atoms with Gasteiger partial charge in [0.1, 0.15) is 17.7 Å². The molecule has 0 bridgehead atoms. The van der Waals surface area contributed by atoms with E-state index in [-0.39, 0.29) is 22.6 Å². The van der Waals surface area contributed by atoms with E-state index < -0.39 is 11.6 Å². The Hall–Kier alpha value is -7.62. The molecule has 0 amide bonds. The molecule has 0 unspecified atom stereocenters. The Morgan fingerprint density at radius 3 is 1.40 bits per heavy atom. The standard InChI is InChI=1S/C40H14F2N6/c1-46-36-15-24(7-11-35(36)42)23-5-9-27-29-17-32-28(16-33(29)40(31(27)14-23)38(20-45)48-3)26-8-4-22(13-30(26)39(32)37(19-44)47-2)21-6-10-34(41)25(12-21)18-43/h4-17H/b39-37-,40-38+. The minimum absolute atomic E-state index is 0.108. The molecular formula is C40H14F2N6. The first-order valence-corrected chi connectivity index (χ1v) is 14.2. The summed E-state index contributed by atoms with van der Waals surface area (Å²) in [6.07, 6.45) is 0. The van der Waals surface area contributed by atoms with E-state index in [1.165, 1.54) is 24.3 Å². The van der Waals surface area contributed by atoms with E-state index >= 15 is 0 Å². The molecular weight excluding hydrogens is 602 g/mol. The number of allylic oxidation sites excluding steroid dienone is 2. The van der Waals surface area contributed by atoms with Crippen LogP contribution in [0.25, 0.3) is 70.2 Å². The quantitative estimate of drug-likeness (QED) is 0.143. The van der Waals surface area contributed by atoms with Crippen LogP contribution in [-0.4, -0.2) is 0 Å². The molecule has 0 aromatic heterocycles. The van der Waals surface area contributed by atoms with Crippen molar-refractivity contribution in [2.24, 2.45) is 0 Å². The Kier molecular flexibility index (Phi) is 6.72. The lowest BCUT2D eigenvalue weighted by Gasteiger charge is -2.09. The molecule has 0 saturated heterocycles.